The van der Waals surface area contributed by atoms with Crippen molar-refractivity contribution < 1.29 is 101 Å². The average Bonchev–Trinajstić information content (AvgIpc) is 3.42. The van der Waals surface area contributed by atoms with Crippen LogP contribution in [-0.4, -0.2) is 117 Å². The number of hydrogen-bond donors (Lipinski definition) is 6. The second kappa shape index (κ2) is 26.4. The second-order valence-electron chi connectivity index (χ2n) is 10.6. The molecule has 0 bridgehead atoms. The number of phosphoric ester groups is 5. The molecule has 0 spiro atoms. The molecule has 0 aromatic carbocycles. The minimum atomic E-state index is -4.56. The highest BCUT2D eigenvalue weighted by Gasteiger charge is 2.36. The highest BCUT2D eigenvalue weighted by molar-refractivity contribution is 7.75. The number of terminal acetylenes is 1. The van der Waals surface area contributed by atoms with E-state index in [0.29, 0.717) is 25.7 Å². The maximum absolute atomic E-state index is 12.0. The van der Waals surface area contributed by atoms with Crippen LogP contribution in [0.5, 0.6) is 0 Å². The van der Waals surface area contributed by atoms with Crippen LogP contribution < -0.4 is 0 Å². The third-order valence-electron chi connectivity index (χ3n) is 6.08. The molecule has 1 fully saturated rings. The van der Waals surface area contributed by atoms with Gasteiger partial charge in [-0.25, -0.2) is 22.8 Å². The van der Waals surface area contributed by atoms with Gasteiger partial charge < -0.3 is 33.4 Å². The van der Waals surface area contributed by atoms with Crippen molar-refractivity contribution in [2.24, 2.45) is 0 Å². The molecule has 0 saturated carbocycles. The second-order valence-corrected chi connectivity index (χ2v) is 18.1. The molecule has 0 aromatic rings. The van der Waals surface area contributed by atoms with E-state index in [1.54, 1.807) is 7.85 Å². The van der Waals surface area contributed by atoms with E-state index < -0.39 is 77.7 Å². The summed E-state index contributed by atoms with van der Waals surface area (Å²) < 4.78 is 117. The molecule has 8 atom stereocenters. The first-order valence-corrected chi connectivity index (χ1v) is 23.6. The van der Waals surface area contributed by atoms with Crippen molar-refractivity contribution in [2.45, 2.75) is 69.6 Å². The Labute approximate surface area is 308 Å². The van der Waals surface area contributed by atoms with E-state index in [4.69, 9.17) is 60.6 Å². The van der Waals surface area contributed by atoms with Gasteiger partial charge in [-0.05, 0) is 57.9 Å². The number of thiol groups is 1. The summed E-state index contributed by atoms with van der Waals surface area (Å²) in [7, 11) is -20.6. The van der Waals surface area contributed by atoms with Crippen LogP contribution in [-0.2, 0) is 77.0 Å². The average molecular weight is 874 g/mol. The third kappa shape index (κ3) is 26.3. The lowest BCUT2D eigenvalue weighted by Crippen LogP contribution is -2.27. The Hall–Kier alpha value is 0.445. The number of rotatable bonds is 33. The highest BCUT2D eigenvalue weighted by Crippen LogP contribution is 2.47. The molecule has 0 radical (unpaired) electrons. The first-order chi connectivity index (χ1) is 24.3. The van der Waals surface area contributed by atoms with Crippen molar-refractivity contribution in [2.75, 3.05) is 66.1 Å². The lowest BCUT2D eigenvalue weighted by atomic mass is 9.96. The summed E-state index contributed by atoms with van der Waals surface area (Å²) in [6, 6.07) is -0.146. The summed E-state index contributed by atoms with van der Waals surface area (Å²) in [4.78, 5) is 48.5. The zero-order chi connectivity index (χ0) is 39.2. The predicted molar refractivity (Wildman–Crippen MR) is 185 cm³/mol. The van der Waals surface area contributed by atoms with E-state index in [1.165, 1.54) is 0 Å². The first-order valence-electron chi connectivity index (χ1n) is 15.8. The first kappa shape index (κ1) is 50.5. The fourth-order valence-electron chi connectivity index (χ4n) is 3.72. The summed E-state index contributed by atoms with van der Waals surface area (Å²) in [5.41, 5.74) is 0. The number of hydrogen-bond acceptors (Lipinski definition) is 18. The maximum atomic E-state index is 12.0. The van der Waals surface area contributed by atoms with Gasteiger partial charge >= 0.3 is 39.1 Å². The van der Waals surface area contributed by atoms with Gasteiger partial charge in [0.05, 0.1) is 66.1 Å². The van der Waals surface area contributed by atoms with E-state index in [0.717, 1.165) is 0 Å². The summed E-state index contributed by atoms with van der Waals surface area (Å²) in [6.45, 7) is -3.42. The van der Waals surface area contributed by atoms with Gasteiger partial charge in [-0.2, -0.15) is 0 Å². The van der Waals surface area contributed by atoms with Gasteiger partial charge in [0.1, 0.15) is 20.1 Å². The maximum Gasteiger partial charge on any atom is 0.472 e. The van der Waals surface area contributed by atoms with Crippen molar-refractivity contribution in [1.29, 1.82) is 0 Å². The fourth-order valence-corrected chi connectivity index (χ4v) is 7.88. The summed E-state index contributed by atoms with van der Waals surface area (Å²) in [5.74, 6) is 2.43. The van der Waals surface area contributed by atoms with E-state index in [9.17, 15) is 47.3 Å². The van der Waals surface area contributed by atoms with E-state index in [1.807, 2.05) is 0 Å². The molecule has 1 heterocycles. The summed E-state index contributed by atoms with van der Waals surface area (Å²) >= 11 is 3.74. The fraction of sp³-hybridized carbons (Fsp3) is 0.913. The van der Waals surface area contributed by atoms with Crippen molar-refractivity contribution in [3.63, 3.8) is 0 Å². The molecule has 52 heavy (non-hydrogen) atoms. The molecule has 1 rings (SSSR count). The monoisotopic (exact) mass is 874 g/mol. The molecule has 306 valence electrons. The number of unbranched alkanes of at least 4 members (excludes halogenated alkanes) is 2. The molecule has 0 aromatic heterocycles. The van der Waals surface area contributed by atoms with Crippen LogP contribution >= 0.6 is 52.0 Å². The lowest BCUT2D eigenvalue weighted by Gasteiger charge is -2.18. The van der Waals surface area contributed by atoms with Crippen molar-refractivity contribution in [3.8, 4) is 12.3 Å². The van der Waals surface area contributed by atoms with Crippen molar-refractivity contribution in [1.82, 2.24) is 0 Å². The Morgan fingerprint density at radius 3 is 1.19 bits per heavy atom. The van der Waals surface area contributed by atoms with Crippen LogP contribution in [0.25, 0.3) is 0 Å². The molecule has 8 unspecified atom stereocenters. The van der Waals surface area contributed by atoms with Crippen molar-refractivity contribution >= 4 is 59.9 Å². The lowest BCUT2D eigenvalue weighted by molar-refractivity contribution is 0.00481. The van der Waals surface area contributed by atoms with Crippen LogP contribution in [0.3, 0.4) is 0 Å². The molecule has 5 N–H and O–H groups in total. The Morgan fingerprint density at radius 1 is 0.577 bits per heavy atom. The minimum absolute atomic E-state index is 0.0300. The molecular formula is C23H48BO22P5S. The molecule has 0 aliphatic carbocycles. The number of ether oxygens (including phenoxy) is 1. The van der Waals surface area contributed by atoms with Crippen LogP contribution in [0.4, 0.5) is 0 Å². The van der Waals surface area contributed by atoms with Gasteiger partial charge in [0.2, 0.25) is 0 Å². The smallest absolute Gasteiger partial charge is 0.379 e. The molecule has 0 amide bonds. The van der Waals surface area contributed by atoms with Crippen LogP contribution in [0.1, 0.15) is 51.4 Å². The van der Waals surface area contributed by atoms with E-state index >= 15 is 0 Å². The van der Waals surface area contributed by atoms with Crippen molar-refractivity contribution in [3.05, 3.63) is 0 Å². The van der Waals surface area contributed by atoms with E-state index in [2.05, 4.69) is 18.8 Å². The standard InChI is InChI=1S/C23H48BO22P5S/c1-2-3-4-5-10-35-47(25,26)36-11-6-12-37-48(27,28)38-13-7-14-39-49(29,30)40-15-8-16-41-50(31,32)42-17-9-18-43-51(33,34)44-20-22-21(46-52)19-23(24)45-22/h1,21-23,52H,3-20,24H2,(H,25,26)(H,27,28)(H,29,30)(H,31,32)(H,33,34). The zero-order valence-electron chi connectivity index (χ0n) is 28.4. The molecular weight excluding hydrogens is 826 g/mol. The summed E-state index contributed by atoms with van der Waals surface area (Å²) in [6.07, 6.45) is 5.80. The van der Waals surface area contributed by atoms with E-state index in [-0.39, 0.29) is 71.3 Å². The Balaban J connectivity index is 2.09. The number of phosphoric acid groups is 5. The van der Waals surface area contributed by atoms with Crippen LogP contribution in [0, 0.1) is 12.3 Å². The predicted octanol–water partition coefficient (Wildman–Crippen LogP) is 3.00. The quantitative estimate of drug-likeness (QED) is 0.0138. The molecule has 29 heteroatoms. The third-order valence-corrected chi connectivity index (χ3v) is 11.4. The van der Waals surface area contributed by atoms with Gasteiger partial charge in [-0.3, -0.25) is 45.2 Å². The van der Waals surface area contributed by atoms with Gasteiger partial charge in [0.15, 0.2) is 0 Å². The highest BCUT2D eigenvalue weighted by atomic mass is 32.1. The van der Waals surface area contributed by atoms with Crippen LogP contribution in [0.2, 0.25) is 0 Å². The molecule has 1 saturated heterocycles. The summed E-state index contributed by atoms with van der Waals surface area (Å²) in [5, 5.41) is 0. The normalized spacial score (nSPS) is 23.5. The Morgan fingerprint density at radius 2 is 0.885 bits per heavy atom. The Kier molecular flexibility index (Phi) is 25.6. The SMILES string of the molecule is BC1CC(OS)C(COP(=O)(O)OCCCOP(=O)(O)OCCCOP(=O)(O)OCCCOP(=O)(O)OCCCOP(=O)(O)OCCCCC#C)O1. The van der Waals surface area contributed by atoms with Gasteiger partial charge in [-0.1, -0.05) is 0 Å². The Bertz CT molecular complexity index is 1290. The molecule has 22 nitrogen and oxygen atoms in total. The van der Waals surface area contributed by atoms with Gasteiger partial charge in [0, 0.05) is 12.4 Å². The van der Waals surface area contributed by atoms with Gasteiger partial charge in [0.25, 0.3) is 0 Å². The molecule has 1 aliphatic heterocycles. The molecule has 1 aliphatic rings. The van der Waals surface area contributed by atoms with Gasteiger partial charge in [-0.15, -0.1) is 12.3 Å². The topological polar surface area (TPSA) is 297 Å². The minimum Gasteiger partial charge on any atom is -0.379 e. The largest absolute Gasteiger partial charge is 0.472 e. The zero-order valence-corrected chi connectivity index (χ0v) is 33.8. The van der Waals surface area contributed by atoms with Crippen LogP contribution in [0.15, 0.2) is 0 Å².